The van der Waals surface area contributed by atoms with E-state index in [9.17, 15) is 18.0 Å². The van der Waals surface area contributed by atoms with E-state index in [1.54, 1.807) is 30.0 Å². The van der Waals surface area contributed by atoms with Crippen LogP contribution in [0.25, 0.3) is 0 Å². The second-order valence-electron chi connectivity index (χ2n) is 8.66. The third kappa shape index (κ3) is 8.85. The first-order valence-corrected chi connectivity index (χ1v) is 14.1. The zero-order valence-electron chi connectivity index (χ0n) is 21.0. The molecule has 1 atom stereocenters. The monoisotopic (exact) mass is 521 g/mol. The van der Waals surface area contributed by atoms with Gasteiger partial charge in [-0.15, -0.1) is 0 Å². The summed E-state index contributed by atoms with van der Waals surface area (Å²) in [4.78, 5) is 27.4. The molecule has 2 aromatic rings. The van der Waals surface area contributed by atoms with Crippen molar-refractivity contribution in [2.75, 3.05) is 30.2 Å². The summed E-state index contributed by atoms with van der Waals surface area (Å²) in [6.07, 6.45) is 2.99. The molecule has 0 aliphatic heterocycles. The van der Waals surface area contributed by atoms with Crippen molar-refractivity contribution < 1.29 is 18.0 Å². The van der Waals surface area contributed by atoms with Gasteiger partial charge in [0.2, 0.25) is 21.8 Å². The van der Waals surface area contributed by atoms with Crippen LogP contribution in [0.15, 0.2) is 48.5 Å². The lowest BCUT2D eigenvalue weighted by molar-refractivity contribution is -0.139. The van der Waals surface area contributed by atoms with Crippen LogP contribution in [0.3, 0.4) is 0 Å². The Morgan fingerprint density at radius 1 is 1.09 bits per heavy atom. The number of hydrogen-bond donors (Lipinski definition) is 1. The molecule has 0 spiro atoms. The van der Waals surface area contributed by atoms with Crippen molar-refractivity contribution >= 4 is 39.1 Å². The zero-order chi connectivity index (χ0) is 26.0. The smallest absolute Gasteiger partial charge is 0.242 e. The van der Waals surface area contributed by atoms with Crippen molar-refractivity contribution in [2.45, 2.75) is 52.5 Å². The average Bonchev–Trinajstić information content (AvgIpc) is 2.81. The molecule has 0 bridgehead atoms. The lowest BCUT2D eigenvalue weighted by Gasteiger charge is -2.29. The van der Waals surface area contributed by atoms with Gasteiger partial charge in [0.15, 0.2) is 0 Å². The Morgan fingerprint density at radius 2 is 1.77 bits per heavy atom. The fourth-order valence-corrected chi connectivity index (χ4v) is 4.98. The van der Waals surface area contributed by atoms with Crippen LogP contribution < -0.4 is 9.62 Å². The minimum absolute atomic E-state index is 0.117. The molecular formula is C26H36ClN3O4S. The summed E-state index contributed by atoms with van der Waals surface area (Å²) in [5, 5.41) is 3.30. The number of carbonyl (C=O) groups excluding carboxylic acids is 2. The van der Waals surface area contributed by atoms with Crippen molar-refractivity contribution in [3.8, 4) is 0 Å². The Hall–Kier alpha value is -2.58. The number of hydrogen-bond acceptors (Lipinski definition) is 4. The van der Waals surface area contributed by atoms with Gasteiger partial charge >= 0.3 is 0 Å². The number of nitrogens with zero attached hydrogens (tertiary/aromatic N) is 2. The van der Waals surface area contributed by atoms with Crippen LogP contribution in [0, 0.1) is 6.92 Å². The second kappa shape index (κ2) is 13.5. The van der Waals surface area contributed by atoms with Crippen LogP contribution in [0.2, 0.25) is 5.02 Å². The van der Waals surface area contributed by atoms with Gasteiger partial charge in [-0.05, 0) is 56.4 Å². The van der Waals surface area contributed by atoms with E-state index in [1.165, 1.54) is 4.31 Å². The summed E-state index contributed by atoms with van der Waals surface area (Å²) < 4.78 is 26.3. The van der Waals surface area contributed by atoms with Crippen molar-refractivity contribution in [3.05, 3.63) is 64.7 Å². The number of benzene rings is 2. The van der Waals surface area contributed by atoms with Gasteiger partial charge < -0.3 is 10.2 Å². The Kier molecular flexibility index (Phi) is 11.0. The molecule has 0 fully saturated rings. The maximum absolute atomic E-state index is 13.2. The molecule has 2 amide bonds. The predicted molar refractivity (Wildman–Crippen MR) is 142 cm³/mol. The zero-order valence-corrected chi connectivity index (χ0v) is 22.5. The van der Waals surface area contributed by atoms with Crippen molar-refractivity contribution in [1.82, 2.24) is 10.2 Å². The topological polar surface area (TPSA) is 86.8 Å². The van der Waals surface area contributed by atoms with Crippen molar-refractivity contribution in [3.63, 3.8) is 0 Å². The number of carbonyl (C=O) groups is 2. The van der Waals surface area contributed by atoms with E-state index in [-0.39, 0.29) is 24.8 Å². The number of amides is 2. The summed E-state index contributed by atoms with van der Waals surface area (Å²) >= 11 is 6.10. The van der Waals surface area contributed by atoms with Crippen LogP contribution >= 0.6 is 11.6 Å². The van der Waals surface area contributed by atoms with E-state index in [4.69, 9.17) is 11.6 Å². The molecule has 0 radical (unpaired) electrons. The van der Waals surface area contributed by atoms with E-state index in [0.717, 1.165) is 23.8 Å². The van der Waals surface area contributed by atoms with E-state index in [0.29, 0.717) is 36.6 Å². The van der Waals surface area contributed by atoms with Crippen LogP contribution in [-0.2, 0) is 26.0 Å². The van der Waals surface area contributed by atoms with Gasteiger partial charge in [0.25, 0.3) is 0 Å². The van der Waals surface area contributed by atoms with Crippen LogP contribution in [0.5, 0.6) is 0 Å². The maximum Gasteiger partial charge on any atom is 0.242 e. The molecule has 2 rings (SSSR count). The molecular weight excluding hydrogens is 486 g/mol. The molecule has 7 nitrogen and oxygen atoms in total. The van der Waals surface area contributed by atoms with Crippen LogP contribution in [0.4, 0.5) is 5.69 Å². The highest BCUT2D eigenvalue weighted by molar-refractivity contribution is 7.92. The first-order valence-electron chi connectivity index (χ1n) is 11.9. The number of aryl methyl sites for hydroxylation is 1. The number of sulfonamides is 1. The molecule has 0 aliphatic rings. The Balaban J connectivity index is 2.13. The summed E-state index contributed by atoms with van der Waals surface area (Å²) in [6, 6.07) is 14.3. The van der Waals surface area contributed by atoms with Gasteiger partial charge in [0, 0.05) is 31.1 Å². The molecule has 0 saturated heterocycles. The minimum atomic E-state index is -3.58. The standard InChI is InChI=1S/C26H36ClN3O4S/c1-5-16-28-26(32)21(3)29(18-15-22-10-7-6-8-11-22)25(31)12-9-17-30(35(4,33)34)24-19-23(27)14-13-20(24)2/h6-8,10-11,13-14,19,21H,5,9,12,15-18H2,1-4H3,(H,28,32)/t21-/m0/s1. The van der Waals surface area contributed by atoms with E-state index < -0.39 is 16.1 Å². The minimum Gasteiger partial charge on any atom is -0.354 e. The first-order chi connectivity index (χ1) is 16.5. The van der Waals surface area contributed by atoms with Gasteiger partial charge in [0.05, 0.1) is 11.9 Å². The summed E-state index contributed by atoms with van der Waals surface area (Å²) in [6.45, 7) is 6.59. The predicted octanol–water partition coefficient (Wildman–Crippen LogP) is 4.18. The number of nitrogens with one attached hydrogen (secondary N) is 1. The summed E-state index contributed by atoms with van der Waals surface area (Å²) in [7, 11) is -3.58. The highest BCUT2D eigenvalue weighted by atomic mass is 35.5. The van der Waals surface area contributed by atoms with Gasteiger partial charge in [0.1, 0.15) is 6.04 Å². The summed E-state index contributed by atoms with van der Waals surface area (Å²) in [5.74, 6) is -0.378. The molecule has 2 aromatic carbocycles. The number of rotatable bonds is 13. The van der Waals surface area contributed by atoms with Crippen molar-refractivity contribution in [2.24, 2.45) is 0 Å². The quantitative estimate of drug-likeness (QED) is 0.428. The SMILES string of the molecule is CCCNC(=O)[C@H](C)N(CCc1ccccc1)C(=O)CCCN(c1cc(Cl)ccc1C)S(C)(=O)=O. The fraction of sp³-hybridized carbons (Fsp3) is 0.462. The molecule has 1 N–H and O–H groups in total. The van der Waals surface area contributed by atoms with Gasteiger partial charge in [-0.2, -0.15) is 0 Å². The second-order valence-corrected chi connectivity index (χ2v) is 11.0. The first kappa shape index (κ1) is 28.7. The molecule has 35 heavy (non-hydrogen) atoms. The molecule has 9 heteroatoms. The summed E-state index contributed by atoms with van der Waals surface area (Å²) in [5.41, 5.74) is 2.35. The van der Waals surface area contributed by atoms with Gasteiger partial charge in [-0.1, -0.05) is 54.9 Å². The largest absolute Gasteiger partial charge is 0.354 e. The molecule has 0 aliphatic carbocycles. The lowest BCUT2D eigenvalue weighted by Crippen LogP contribution is -2.49. The number of anilines is 1. The molecule has 0 heterocycles. The third-order valence-corrected chi connectivity index (χ3v) is 7.21. The Morgan fingerprint density at radius 3 is 2.40 bits per heavy atom. The molecule has 0 unspecified atom stereocenters. The van der Waals surface area contributed by atoms with Gasteiger partial charge in [-0.3, -0.25) is 13.9 Å². The van der Waals surface area contributed by atoms with Crippen LogP contribution in [-0.4, -0.2) is 57.1 Å². The average molecular weight is 522 g/mol. The highest BCUT2D eigenvalue weighted by Crippen LogP contribution is 2.26. The Bertz CT molecular complexity index is 1090. The van der Waals surface area contributed by atoms with Crippen molar-refractivity contribution in [1.29, 1.82) is 0 Å². The van der Waals surface area contributed by atoms with Gasteiger partial charge in [-0.25, -0.2) is 8.42 Å². The molecule has 0 saturated carbocycles. The Labute approximate surface area is 214 Å². The maximum atomic E-state index is 13.2. The van der Waals surface area contributed by atoms with E-state index >= 15 is 0 Å². The normalized spacial score (nSPS) is 12.1. The lowest BCUT2D eigenvalue weighted by atomic mass is 10.1. The number of halogens is 1. The molecule has 192 valence electrons. The van der Waals surface area contributed by atoms with E-state index in [2.05, 4.69) is 5.32 Å². The molecule has 0 aromatic heterocycles. The third-order valence-electron chi connectivity index (χ3n) is 5.79. The van der Waals surface area contributed by atoms with Crippen LogP contribution in [0.1, 0.15) is 44.2 Å². The highest BCUT2D eigenvalue weighted by Gasteiger charge is 2.26. The fourth-order valence-electron chi connectivity index (χ4n) is 3.80. The van der Waals surface area contributed by atoms with E-state index in [1.807, 2.05) is 44.2 Å².